The van der Waals surface area contributed by atoms with E-state index >= 15 is 0 Å². The van der Waals surface area contributed by atoms with Crippen LogP contribution in [0.5, 0.6) is 0 Å². The molecule has 1 heterocycles. The Balaban J connectivity index is 1.78. The van der Waals surface area contributed by atoms with Crippen LogP contribution in [0.25, 0.3) is 0 Å². The average molecular weight is 386 g/mol. The number of rotatable bonds is 5. The third kappa shape index (κ3) is 4.40. The molecule has 3 rings (SSSR count). The van der Waals surface area contributed by atoms with Crippen LogP contribution in [0.4, 0.5) is 21.7 Å². The van der Waals surface area contributed by atoms with Crippen molar-refractivity contribution in [1.29, 1.82) is 0 Å². The SMILES string of the molecule is Cc1ccc(C)c(Nc2ccc(NS(=O)(=O)c3ccc(F)cc3C)nn2)c1. The fourth-order valence-corrected chi connectivity index (χ4v) is 3.79. The van der Waals surface area contributed by atoms with Crippen LogP contribution in [0.2, 0.25) is 0 Å². The number of aromatic nitrogens is 2. The molecule has 2 N–H and O–H groups in total. The van der Waals surface area contributed by atoms with E-state index in [9.17, 15) is 12.8 Å². The molecule has 1 aromatic heterocycles. The van der Waals surface area contributed by atoms with Crippen molar-refractivity contribution < 1.29 is 12.8 Å². The molecule has 0 radical (unpaired) electrons. The van der Waals surface area contributed by atoms with Gasteiger partial charge in [-0.25, -0.2) is 12.8 Å². The Labute approximate surface area is 157 Å². The normalized spacial score (nSPS) is 11.3. The van der Waals surface area contributed by atoms with Gasteiger partial charge in [0.15, 0.2) is 11.6 Å². The Hall–Kier alpha value is -3.00. The van der Waals surface area contributed by atoms with Crippen molar-refractivity contribution >= 4 is 27.3 Å². The van der Waals surface area contributed by atoms with E-state index in [-0.39, 0.29) is 10.7 Å². The van der Waals surface area contributed by atoms with E-state index in [0.29, 0.717) is 11.4 Å². The maximum Gasteiger partial charge on any atom is 0.263 e. The zero-order valence-corrected chi connectivity index (χ0v) is 15.9. The summed E-state index contributed by atoms with van der Waals surface area (Å²) in [6.07, 6.45) is 0. The number of benzene rings is 2. The van der Waals surface area contributed by atoms with E-state index in [1.54, 1.807) is 6.07 Å². The molecule has 27 heavy (non-hydrogen) atoms. The van der Waals surface area contributed by atoms with Crippen LogP contribution < -0.4 is 10.0 Å². The molecule has 0 aliphatic carbocycles. The van der Waals surface area contributed by atoms with Gasteiger partial charge in [0.05, 0.1) is 4.90 Å². The van der Waals surface area contributed by atoms with Crippen LogP contribution in [0.3, 0.4) is 0 Å². The quantitative estimate of drug-likeness (QED) is 0.690. The highest BCUT2D eigenvalue weighted by atomic mass is 32.2. The third-order valence-electron chi connectivity index (χ3n) is 3.99. The monoisotopic (exact) mass is 386 g/mol. The molecule has 0 unspecified atom stereocenters. The first-order valence-electron chi connectivity index (χ1n) is 8.21. The van der Waals surface area contributed by atoms with Gasteiger partial charge >= 0.3 is 0 Å². The molecule has 2 aromatic carbocycles. The molecule has 8 heteroatoms. The summed E-state index contributed by atoms with van der Waals surface area (Å²) < 4.78 is 40.5. The second-order valence-corrected chi connectivity index (χ2v) is 7.91. The summed E-state index contributed by atoms with van der Waals surface area (Å²) in [6, 6.07) is 12.6. The van der Waals surface area contributed by atoms with Crippen molar-refractivity contribution in [2.24, 2.45) is 0 Å². The lowest BCUT2D eigenvalue weighted by Crippen LogP contribution is -2.15. The molecule has 140 valence electrons. The molecular weight excluding hydrogens is 367 g/mol. The van der Waals surface area contributed by atoms with Gasteiger partial charge in [0.1, 0.15) is 5.82 Å². The lowest BCUT2D eigenvalue weighted by atomic mass is 10.1. The van der Waals surface area contributed by atoms with Crippen molar-refractivity contribution in [2.45, 2.75) is 25.7 Å². The summed E-state index contributed by atoms with van der Waals surface area (Å²) >= 11 is 0. The Morgan fingerprint density at radius 2 is 1.56 bits per heavy atom. The van der Waals surface area contributed by atoms with Crippen LogP contribution in [0.1, 0.15) is 16.7 Å². The van der Waals surface area contributed by atoms with E-state index < -0.39 is 15.8 Å². The van der Waals surface area contributed by atoms with Gasteiger partial charge in [0.2, 0.25) is 0 Å². The van der Waals surface area contributed by atoms with Crippen LogP contribution in [0.15, 0.2) is 53.4 Å². The number of halogens is 1. The lowest BCUT2D eigenvalue weighted by molar-refractivity contribution is 0.598. The number of anilines is 3. The van der Waals surface area contributed by atoms with E-state index in [4.69, 9.17) is 0 Å². The number of nitrogens with zero attached hydrogens (tertiary/aromatic N) is 2. The van der Waals surface area contributed by atoms with Crippen LogP contribution in [0, 0.1) is 26.6 Å². The molecule has 0 saturated carbocycles. The van der Waals surface area contributed by atoms with Crippen molar-refractivity contribution in [3.8, 4) is 0 Å². The topological polar surface area (TPSA) is 84.0 Å². The molecule has 0 amide bonds. The Morgan fingerprint density at radius 3 is 2.22 bits per heavy atom. The standard InChI is InChI=1S/C19H19FN4O2S/c1-12-4-5-13(2)16(10-12)21-18-8-9-19(23-22-18)24-27(25,26)17-7-6-15(20)11-14(17)3/h4-11H,1-3H3,(H,21,22)(H,23,24). The molecule has 3 aromatic rings. The van der Waals surface area contributed by atoms with Gasteiger partial charge < -0.3 is 5.32 Å². The number of aryl methyl sites for hydroxylation is 3. The summed E-state index contributed by atoms with van der Waals surface area (Å²) in [5.74, 6) is 0.0722. The summed E-state index contributed by atoms with van der Waals surface area (Å²) in [4.78, 5) is -0.0108. The Bertz CT molecular complexity index is 1080. The van der Waals surface area contributed by atoms with Crippen molar-refractivity contribution in [2.75, 3.05) is 10.0 Å². The Morgan fingerprint density at radius 1 is 0.852 bits per heavy atom. The zero-order valence-electron chi connectivity index (χ0n) is 15.1. The lowest BCUT2D eigenvalue weighted by Gasteiger charge is -2.11. The predicted octanol–water partition coefficient (Wildman–Crippen LogP) is 4.09. The summed E-state index contributed by atoms with van der Waals surface area (Å²) in [6.45, 7) is 5.49. The third-order valence-corrected chi connectivity index (χ3v) is 5.50. The molecule has 0 bridgehead atoms. The van der Waals surface area contributed by atoms with Gasteiger partial charge in [-0.15, -0.1) is 10.2 Å². The van der Waals surface area contributed by atoms with Gasteiger partial charge in [-0.05, 0) is 73.9 Å². The maximum atomic E-state index is 13.2. The molecule has 0 fully saturated rings. The largest absolute Gasteiger partial charge is 0.339 e. The first-order valence-corrected chi connectivity index (χ1v) is 9.70. The van der Waals surface area contributed by atoms with E-state index in [0.717, 1.165) is 28.9 Å². The first-order chi connectivity index (χ1) is 12.7. The van der Waals surface area contributed by atoms with Crippen LogP contribution in [-0.4, -0.2) is 18.6 Å². The highest BCUT2D eigenvalue weighted by Gasteiger charge is 2.18. The fourth-order valence-electron chi connectivity index (χ4n) is 2.57. The van der Waals surface area contributed by atoms with E-state index in [1.807, 2.05) is 32.0 Å². The van der Waals surface area contributed by atoms with Crippen molar-refractivity contribution in [3.63, 3.8) is 0 Å². The number of nitrogens with one attached hydrogen (secondary N) is 2. The van der Waals surface area contributed by atoms with Crippen molar-refractivity contribution in [3.05, 3.63) is 71.0 Å². The molecule has 0 aliphatic rings. The highest BCUT2D eigenvalue weighted by Crippen LogP contribution is 2.22. The maximum absolute atomic E-state index is 13.2. The summed E-state index contributed by atoms with van der Waals surface area (Å²) in [7, 11) is -3.88. The molecule has 0 aliphatic heterocycles. The van der Waals surface area contributed by atoms with Crippen molar-refractivity contribution in [1.82, 2.24) is 10.2 Å². The Kier molecular flexibility index (Phi) is 5.09. The smallest absolute Gasteiger partial charge is 0.263 e. The molecule has 6 nitrogen and oxygen atoms in total. The van der Waals surface area contributed by atoms with Crippen LogP contribution in [-0.2, 0) is 10.0 Å². The molecule has 0 spiro atoms. The fraction of sp³-hybridized carbons (Fsp3) is 0.158. The molecule has 0 atom stereocenters. The van der Waals surface area contributed by atoms with Crippen LogP contribution >= 0.6 is 0 Å². The average Bonchev–Trinajstić information content (AvgIpc) is 2.59. The van der Waals surface area contributed by atoms with E-state index in [1.165, 1.54) is 19.1 Å². The van der Waals surface area contributed by atoms with Gasteiger partial charge in [-0.1, -0.05) is 12.1 Å². The summed E-state index contributed by atoms with van der Waals surface area (Å²) in [5.41, 5.74) is 3.37. The van der Waals surface area contributed by atoms with E-state index in [2.05, 4.69) is 20.2 Å². The minimum absolute atomic E-state index is 0.0108. The minimum atomic E-state index is -3.88. The number of sulfonamides is 1. The first kappa shape index (κ1) is 18.8. The highest BCUT2D eigenvalue weighted by molar-refractivity contribution is 7.92. The molecular formula is C19H19FN4O2S. The van der Waals surface area contributed by atoms with Gasteiger partial charge in [0.25, 0.3) is 10.0 Å². The summed E-state index contributed by atoms with van der Waals surface area (Å²) in [5, 5.41) is 11.1. The predicted molar refractivity (Wildman–Crippen MR) is 103 cm³/mol. The minimum Gasteiger partial charge on any atom is -0.339 e. The zero-order chi connectivity index (χ0) is 19.6. The molecule has 0 saturated heterocycles. The van der Waals surface area contributed by atoms with Gasteiger partial charge in [0, 0.05) is 5.69 Å². The number of hydrogen-bond donors (Lipinski definition) is 2. The van der Waals surface area contributed by atoms with Gasteiger partial charge in [-0.2, -0.15) is 0 Å². The van der Waals surface area contributed by atoms with Gasteiger partial charge in [-0.3, -0.25) is 4.72 Å². The second-order valence-electron chi connectivity index (χ2n) is 6.26. The second kappa shape index (κ2) is 7.32. The number of hydrogen-bond acceptors (Lipinski definition) is 5.